The summed E-state index contributed by atoms with van der Waals surface area (Å²) in [6.07, 6.45) is 2.79. The van der Waals surface area contributed by atoms with Gasteiger partial charge in [-0.15, -0.1) is 0 Å². The third-order valence-corrected chi connectivity index (χ3v) is 4.44. The molecule has 1 aromatic rings. The SMILES string of the molecule is CC(C)(C)NCC(CCS(C)(=O)=O)Cc1cccc(Cl)c1. The van der Waals surface area contributed by atoms with Crippen LogP contribution in [0.5, 0.6) is 0 Å². The first-order chi connectivity index (χ1) is 9.55. The largest absolute Gasteiger partial charge is 0.312 e. The van der Waals surface area contributed by atoms with Crippen LogP contribution in [-0.2, 0) is 16.3 Å². The van der Waals surface area contributed by atoms with Crippen LogP contribution in [-0.4, -0.2) is 32.5 Å². The van der Waals surface area contributed by atoms with E-state index in [0.29, 0.717) is 6.42 Å². The molecule has 0 saturated carbocycles. The van der Waals surface area contributed by atoms with E-state index in [4.69, 9.17) is 11.6 Å². The summed E-state index contributed by atoms with van der Waals surface area (Å²) < 4.78 is 22.8. The fraction of sp³-hybridized carbons (Fsp3) is 0.625. The average Bonchev–Trinajstić information content (AvgIpc) is 2.30. The Balaban J connectivity index is 2.71. The van der Waals surface area contributed by atoms with Gasteiger partial charge in [-0.3, -0.25) is 0 Å². The number of halogens is 1. The third-order valence-electron chi connectivity index (χ3n) is 3.23. The maximum Gasteiger partial charge on any atom is 0.147 e. The van der Waals surface area contributed by atoms with Crippen LogP contribution in [0.2, 0.25) is 5.02 Å². The Labute approximate surface area is 134 Å². The predicted molar refractivity (Wildman–Crippen MR) is 90.7 cm³/mol. The minimum absolute atomic E-state index is 0.0255. The van der Waals surface area contributed by atoms with Gasteiger partial charge < -0.3 is 5.32 Å². The van der Waals surface area contributed by atoms with Crippen molar-refractivity contribution >= 4 is 21.4 Å². The van der Waals surface area contributed by atoms with Crippen molar-refractivity contribution in [2.45, 2.75) is 39.2 Å². The summed E-state index contributed by atoms with van der Waals surface area (Å²) in [5, 5.41) is 4.19. The second-order valence-corrected chi connectivity index (χ2v) is 9.45. The standard InChI is InChI=1S/C16H26ClNO2S/c1-16(2,3)18-12-14(8-9-21(4,19)20)10-13-6-5-7-15(17)11-13/h5-7,11,14,18H,8-10,12H2,1-4H3. The van der Waals surface area contributed by atoms with E-state index in [1.54, 1.807) is 0 Å². The molecule has 5 heteroatoms. The van der Waals surface area contributed by atoms with Crippen molar-refractivity contribution in [1.82, 2.24) is 5.32 Å². The zero-order valence-electron chi connectivity index (χ0n) is 13.3. The van der Waals surface area contributed by atoms with E-state index < -0.39 is 9.84 Å². The van der Waals surface area contributed by atoms with Crippen LogP contribution in [0.3, 0.4) is 0 Å². The minimum atomic E-state index is -2.93. The lowest BCUT2D eigenvalue weighted by Gasteiger charge is -2.25. The molecule has 120 valence electrons. The molecule has 3 nitrogen and oxygen atoms in total. The summed E-state index contributed by atoms with van der Waals surface area (Å²) in [5.74, 6) is 0.502. The molecule has 0 saturated heterocycles. The lowest BCUT2D eigenvalue weighted by Crippen LogP contribution is -2.40. The fourth-order valence-corrected chi connectivity index (χ4v) is 3.08. The van der Waals surface area contributed by atoms with Crippen LogP contribution in [0.25, 0.3) is 0 Å². The first-order valence-electron chi connectivity index (χ1n) is 7.22. The van der Waals surface area contributed by atoms with E-state index in [2.05, 4.69) is 26.1 Å². The fourth-order valence-electron chi connectivity index (χ4n) is 2.10. The van der Waals surface area contributed by atoms with Gasteiger partial charge in [-0.05, 0) is 63.8 Å². The highest BCUT2D eigenvalue weighted by atomic mass is 35.5. The Morgan fingerprint density at radius 2 is 1.95 bits per heavy atom. The normalized spacial score (nSPS) is 14.1. The summed E-state index contributed by atoms with van der Waals surface area (Å²) in [6, 6.07) is 7.77. The van der Waals surface area contributed by atoms with Crippen molar-refractivity contribution in [3.05, 3.63) is 34.9 Å². The molecular weight excluding hydrogens is 306 g/mol. The van der Waals surface area contributed by atoms with Crippen LogP contribution < -0.4 is 5.32 Å². The lowest BCUT2D eigenvalue weighted by molar-refractivity contribution is 0.363. The maximum atomic E-state index is 11.4. The minimum Gasteiger partial charge on any atom is -0.312 e. The second kappa shape index (κ2) is 7.61. The molecule has 0 fully saturated rings. The summed E-state index contributed by atoms with van der Waals surface area (Å²) in [4.78, 5) is 0. The molecule has 21 heavy (non-hydrogen) atoms. The number of hydrogen-bond donors (Lipinski definition) is 1. The van der Waals surface area contributed by atoms with Gasteiger partial charge in [0.25, 0.3) is 0 Å². The molecule has 1 aromatic carbocycles. The molecule has 0 aromatic heterocycles. The highest BCUT2D eigenvalue weighted by molar-refractivity contribution is 7.90. The van der Waals surface area contributed by atoms with Gasteiger partial charge >= 0.3 is 0 Å². The summed E-state index contributed by atoms with van der Waals surface area (Å²) >= 11 is 6.02. The molecule has 0 radical (unpaired) electrons. The molecule has 1 unspecified atom stereocenters. The maximum absolute atomic E-state index is 11.4. The molecular formula is C16H26ClNO2S. The highest BCUT2D eigenvalue weighted by Gasteiger charge is 2.17. The Kier molecular flexibility index (Phi) is 6.70. The molecule has 0 spiro atoms. The Morgan fingerprint density at radius 3 is 2.48 bits per heavy atom. The van der Waals surface area contributed by atoms with E-state index in [1.807, 2.05) is 24.3 Å². The second-order valence-electron chi connectivity index (χ2n) is 6.75. The van der Waals surface area contributed by atoms with Crippen LogP contribution >= 0.6 is 11.6 Å². The molecule has 0 aliphatic carbocycles. The van der Waals surface area contributed by atoms with Crippen LogP contribution in [0, 0.1) is 5.92 Å². The van der Waals surface area contributed by atoms with Gasteiger partial charge in [0.2, 0.25) is 0 Å². The molecule has 0 aliphatic heterocycles. The number of sulfone groups is 1. The number of benzene rings is 1. The van der Waals surface area contributed by atoms with Crippen molar-refractivity contribution in [1.29, 1.82) is 0 Å². The molecule has 0 bridgehead atoms. The Morgan fingerprint density at radius 1 is 1.29 bits per heavy atom. The van der Waals surface area contributed by atoms with Crippen LogP contribution in [0.15, 0.2) is 24.3 Å². The smallest absolute Gasteiger partial charge is 0.147 e. The number of hydrogen-bond acceptors (Lipinski definition) is 3. The zero-order chi connectivity index (χ0) is 16.1. The van der Waals surface area contributed by atoms with Crippen LogP contribution in [0.4, 0.5) is 0 Å². The third kappa shape index (κ3) is 9.12. The van der Waals surface area contributed by atoms with Gasteiger partial charge in [-0.25, -0.2) is 8.42 Å². The van der Waals surface area contributed by atoms with E-state index in [-0.39, 0.29) is 17.2 Å². The van der Waals surface area contributed by atoms with Crippen molar-refractivity contribution in [3.8, 4) is 0 Å². The van der Waals surface area contributed by atoms with Gasteiger partial charge in [-0.1, -0.05) is 23.7 Å². The number of rotatable bonds is 7. The van der Waals surface area contributed by atoms with E-state index >= 15 is 0 Å². The van der Waals surface area contributed by atoms with Crippen molar-refractivity contribution in [3.63, 3.8) is 0 Å². The lowest BCUT2D eigenvalue weighted by atomic mass is 9.95. The molecule has 0 amide bonds. The Bertz CT molecular complexity index is 550. The summed E-state index contributed by atoms with van der Waals surface area (Å²) in [7, 11) is -2.93. The first kappa shape index (κ1) is 18.5. The monoisotopic (exact) mass is 331 g/mol. The first-order valence-corrected chi connectivity index (χ1v) is 9.66. The van der Waals surface area contributed by atoms with Gasteiger partial charge in [0, 0.05) is 16.8 Å². The topological polar surface area (TPSA) is 46.2 Å². The molecule has 0 aliphatic rings. The van der Waals surface area contributed by atoms with Crippen molar-refractivity contribution < 1.29 is 8.42 Å². The number of nitrogens with one attached hydrogen (secondary N) is 1. The van der Waals surface area contributed by atoms with Crippen LogP contribution in [0.1, 0.15) is 32.8 Å². The zero-order valence-corrected chi connectivity index (χ0v) is 14.9. The molecule has 1 atom stereocenters. The highest BCUT2D eigenvalue weighted by Crippen LogP contribution is 2.17. The molecule has 1 N–H and O–H groups in total. The van der Waals surface area contributed by atoms with Crippen molar-refractivity contribution in [2.75, 3.05) is 18.6 Å². The predicted octanol–water partition coefficient (Wildman–Crippen LogP) is 3.32. The Hall–Kier alpha value is -0.580. The van der Waals surface area contributed by atoms with Gasteiger partial charge in [0.05, 0.1) is 5.75 Å². The molecule has 1 rings (SSSR count). The van der Waals surface area contributed by atoms with Gasteiger partial charge in [0.15, 0.2) is 0 Å². The average molecular weight is 332 g/mol. The van der Waals surface area contributed by atoms with Gasteiger partial charge in [0.1, 0.15) is 9.84 Å². The quantitative estimate of drug-likeness (QED) is 0.833. The summed E-state index contributed by atoms with van der Waals surface area (Å²) in [5.41, 5.74) is 1.18. The summed E-state index contributed by atoms with van der Waals surface area (Å²) in [6.45, 7) is 7.13. The van der Waals surface area contributed by atoms with Crippen molar-refractivity contribution in [2.24, 2.45) is 5.92 Å². The van der Waals surface area contributed by atoms with Gasteiger partial charge in [-0.2, -0.15) is 0 Å². The molecule has 0 heterocycles. The van der Waals surface area contributed by atoms with E-state index in [9.17, 15) is 8.42 Å². The van der Waals surface area contributed by atoms with E-state index in [0.717, 1.165) is 23.6 Å². The van der Waals surface area contributed by atoms with E-state index in [1.165, 1.54) is 6.26 Å².